The van der Waals surface area contributed by atoms with Crippen molar-refractivity contribution in [2.24, 2.45) is 0 Å². The van der Waals surface area contributed by atoms with Crippen LogP contribution in [0.5, 0.6) is 0 Å². The molecule has 0 radical (unpaired) electrons. The van der Waals surface area contributed by atoms with E-state index in [4.69, 9.17) is 5.26 Å². The van der Waals surface area contributed by atoms with Gasteiger partial charge in [0.15, 0.2) is 5.78 Å². The Balaban J connectivity index is 1.56. The van der Waals surface area contributed by atoms with E-state index in [0.717, 1.165) is 11.1 Å². The minimum absolute atomic E-state index is 0.0736. The molecule has 0 saturated carbocycles. The van der Waals surface area contributed by atoms with Gasteiger partial charge in [-0.2, -0.15) is 5.26 Å². The number of rotatable bonds is 6. The van der Waals surface area contributed by atoms with Crippen LogP contribution < -0.4 is 5.32 Å². The van der Waals surface area contributed by atoms with Crippen molar-refractivity contribution in [3.05, 3.63) is 90.0 Å². The summed E-state index contributed by atoms with van der Waals surface area (Å²) in [4.78, 5) is 24.4. The van der Waals surface area contributed by atoms with Gasteiger partial charge in [0.2, 0.25) is 5.91 Å². The number of carbonyl (C=O) groups excluding carboxylic acids is 2. The molecule has 4 nitrogen and oxygen atoms in total. The highest BCUT2D eigenvalue weighted by Gasteiger charge is 2.10. The summed E-state index contributed by atoms with van der Waals surface area (Å²) in [5.41, 5.74) is 3.76. The highest BCUT2D eigenvalue weighted by Crippen LogP contribution is 2.20. The van der Waals surface area contributed by atoms with Crippen LogP contribution in [0.2, 0.25) is 0 Å². The van der Waals surface area contributed by atoms with E-state index in [1.807, 2.05) is 48.5 Å². The number of carbonyl (C=O) groups is 2. The number of amides is 1. The molecule has 0 unspecified atom stereocenters. The van der Waals surface area contributed by atoms with Crippen molar-refractivity contribution >= 4 is 17.4 Å². The van der Waals surface area contributed by atoms with E-state index in [1.54, 1.807) is 36.4 Å². The lowest BCUT2D eigenvalue weighted by Crippen LogP contribution is -2.13. The summed E-state index contributed by atoms with van der Waals surface area (Å²) in [5, 5.41) is 11.6. The van der Waals surface area contributed by atoms with Crippen LogP contribution in [0.3, 0.4) is 0 Å². The van der Waals surface area contributed by atoms with Gasteiger partial charge < -0.3 is 5.32 Å². The summed E-state index contributed by atoms with van der Waals surface area (Å²) in [6.07, 6.45) is 0.227. The summed E-state index contributed by atoms with van der Waals surface area (Å²) < 4.78 is 0. The van der Waals surface area contributed by atoms with Crippen LogP contribution in [0.4, 0.5) is 5.69 Å². The Kier molecular flexibility index (Phi) is 5.76. The molecule has 0 aliphatic rings. The van der Waals surface area contributed by atoms with E-state index >= 15 is 0 Å². The molecule has 1 N–H and O–H groups in total. The highest BCUT2D eigenvalue weighted by molar-refractivity contribution is 6.00. The number of nitrogens with one attached hydrogen (secondary N) is 1. The molecule has 0 spiro atoms. The number of anilines is 1. The van der Waals surface area contributed by atoms with Crippen molar-refractivity contribution in [2.75, 3.05) is 5.32 Å². The molecule has 3 aromatic carbocycles. The van der Waals surface area contributed by atoms with Gasteiger partial charge in [-0.25, -0.2) is 0 Å². The monoisotopic (exact) mass is 354 g/mol. The molecule has 0 atom stereocenters. The Labute approximate surface area is 158 Å². The van der Waals surface area contributed by atoms with E-state index in [0.29, 0.717) is 16.8 Å². The summed E-state index contributed by atoms with van der Waals surface area (Å²) in [6.45, 7) is 0. The Morgan fingerprint density at radius 3 is 2.22 bits per heavy atom. The molecule has 132 valence electrons. The number of ketones is 1. The molecule has 0 heterocycles. The molecule has 27 heavy (non-hydrogen) atoms. The van der Waals surface area contributed by atoms with Gasteiger partial charge >= 0.3 is 0 Å². The van der Waals surface area contributed by atoms with Gasteiger partial charge in [-0.1, -0.05) is 60.7 Å². The molecule has 3 aromatic rings. The van der Waals surface area contributed by atoms with Crippen molar-refractivity contribution in [2.45, 2.75) is 12.8 Å². The largest absolute Gasteiger partial charge is 0.326 e. The molecule has 0 aliphatic heterocycles. The molecule has 0 aromatic heterocycles. The molecule has 0 aliphatic carbocycles. The molecular weight excluding hydrogens is 336 g/mol. The number of hydrogen-bond donors (Lipinski definition) is 1. The third-order valence-corrected chi connectivity index (χ3v) is 4.17. The van der Waals surface area contributed by atoms with Gasteiger partial charge in [0.05, 0.1) is 11.6 Å². The highest BCUT2D eigenvalue weighted by atomic mass is 16.2. The number of Topliss-reactive ketones (excluding diaryl/α,β-unsaturated/α-hetero) is 1. The van der Waals surface area contributed by atoms with Gasteiger partial charge in [0, 0.05) is 24.1 Å². The summed E-state index contributed by atoms with van der Waals surface area (Å²) in [5.74, 6) is -0.324. The molecule has 0 fully saturated rings. The van der Waals surface area contributed by atoms with Crippen LogP contribution in [0, 0.1) is 11.3 Å². The lowest BCUT2D eigenvalue weighted by atomic mass is 10.0. The SMILES string of the molecule is N#Cc1cccc(NC(=O)CCC(=O)c2ccc(-c3ccccc3)cc2)c1. The van der Waals surface area contributed by atoms with E-state index in [1.165, 1.54) is 0 Å². The minimum atomic E-state index is -0.251. The Morgan fingerprint density at radius 2 is 1.52 bits per heavy atom. The van der Waals surface area contributed by atoms with E-state index in [9.17, 15) is 9.59 Å². The van der Waals surface area contributed by atoms with Crippen LogP contribution in [-0.2, 0) is 4.79 Å². The number of hydrogen-bond acceptors (Lipinski definition) is 3. The summed E-state index contributed by atoms with van der Waals surface area (Å²) in [7, 11) is 0. The Hall–Kier alpha value is -3.71. The number of benzene rings is 3. The fourth-order valence-corrected chi connectivity index (χ4v) is 2.74. The fraction of sp³-hybridized carbons (Fsp3) is 0.0870. The first-order valence-corrected chi connectivity index (χ1v) is 8.64. The van der Waals surface area contributed by atoms with Crippen LogP contribution in [0.15, 0.2) is 78.9 Å². The average Bonchev–Trinajstić information content (AvgIpc) is 2.73. The van der Waals surface area contributed by atoms with Gasteiger partial charge in [-0.3, -0.25) is 9.59 Å². The van der Waals surface area contributed by atoms with E-state index < -0.39 is 0 Å². The second-order valence-electron chi connectivity index (χ2n) is 6.11. The molecule has 3 rings (SSSR count). The zero-order chi connectivity index (χ0) is 19.1. The van der Waals surface area contributed by atoms with Crippen LogP contribution >= 0.6 is 0 Å². The lowest BCUT2D eigenvalue weighted by molar-refractivity contribution is -0.116. The molecule has 0 saturated heterocycles. The first-order valence-electron chi connectivity index (χ1n) is 8.64. The third kappa shape index (κ3) is 4.90. The van der Waals surface area contributed by atoms with Crippen LogP contribution in [0.1, 0.15) is 28.8 Å². The molecular formula is C23H18N2O2. The lowest BCUT2D eigenvalue weighted by Gasteiger charge is -2.06. The molecule has 4 heteroatoms. The topological polar surface area (TPSA) is 70.0 Å². The predicted molar refractivity (Wildman–Crippen MR) is 105 cm³/mol. The standard InChI is InChI=1S/C23H18N2O2/c24-16-17-5-4-8-21(15-17)25-23(27)14-13-22(26)20-11-9-19(10-12-20)18-6-2-1-3-7-18/h1-12,15H,13-14H2,(H,25,27). The maximum Gasteiger partial charge on any atom is 0.224 e. The number of nitrogens with zero attached hydrogens (tertiary/aromatic N) is 1. The van der Waals surface area contributed by atoms with E-state index in [2.05, 4.69) is 5.32 Å². The third-order valence-electron chi connectivity index (χ3n) is 4.17. The smallest absolute Gasteiger partial charge is 0.224 e. The predicted octanol–water partition coefficient (Wildman–Crippen LogP) is 4.83. The van der Waals surface area contributed by atoms with Crippen molar-refractivity contribution < 1.29 is 9.59 Å². The second kappa shape index (κ2) is 8.59. The fourth-order valence-electron chi connectivity index (χ4n) is 2.74. The summed E-state index contributed by atoms with van der Waals surface area (Å²) >= 11 is 0. The Morgan fingerprint density at radius 1 is 0.815 bits per heavy atom. The van der Waals surface area contributed by atoms with Crippen LogP contribution in [0.25, 0.3) is 11.1 Å². The van der Waals surface area contributed by atoms with Gasteiger partial charge in [-0.15, -0.1) is 0 Å². The molecule has 0 bridgehead atoms. The van der Waals surface area contributed by atoms with Gasteiger partial charge in [0.25, 0.3) is 0 Å². The first-order chi connectivity index (χ1) is 13.2. The van der Waals surface area contributed by atoms with Crippen molar-refractivity contribution in [1.82, 2.24) is 0 Å². The average molecular weight is 354 g/mol. The van der Waals surface area contributed by atoms with Crippen LogP contribution in [-0.4, -0.2) is 11.7 Å². The Bertz CT molecular complexity index is 987. The maximum absolute atomic E-state index is 12.3. The van der Waals surface area contributed by atoms with Gasteiger partial charge in [0.1, 0.15) is 0 Å². The van der Waals surface area contributed by atoms with Gasteiger partial charge in [-0.05, 0) is 29.3 Å². The minimum Gasteiger partial charge on any atom is -0.326 e. The number of nitriles is 1. The molecule has 1 amide bonds. The quantitative estimate of drug-likeness (QED) is 0.645. The van der Waals surface area contributed by atoms with Crippen molar-refractivity contribution in [1.29, 1.82) is 5.26 Å². The second-order valence-corrected chi connectivity index (χ2v) is 6.11. The zero-order valence-corrected chi connectivity index (χ0v) is 14.7. The summed E-state index contributed by atoms with van der Waals surface area (Å²) in [6, 6.07) is 26.0. The van der Waals surface area contributed by atoms with E-state index in [-0.39, 0.29) is 24.5 Å². The first kappa shape index (κ1) is 18.1. The van der Waals surface area contributed by atoms with Crippen molar-refractivity contribution in [3.63, 3.8) is 0 Å². The maximum atomic E-state index is 12.3. The zero-order valence-electron chi connectivity index (χ0n) is 14.7. The van der Waals surface area contributed by atoms with Crippen molar-refractivity contribution in [3.8, 4) is 17.2 Å². The normalized spacial score (nSPS) is 10.0.